The van der Waals surface area contributed by atoms with Gasteiger partial charge in [0.2, 0.25) is 0 Å². The zero-order chi connectivity index (χ0) is 8.27. The maximum absolute atomic E-state index is 10.5. The van der Waals surface area contributed by atoms with Crippen molar-refractivity contribution in [1.82, 2.24) is 4.98 Å². The molecule has 1 aromatic rings. The molecule has 0 saturated carbocycles. The van der Waals surface area contributed by atoms with Gasteiger partial charge in [0.1, 0.15) is 0 Å². The third kappa shape index (κ3) is 1.68. The first kappa shape index (κ1) is 8.01. The molecular weight excluding hydrogens is 166 g/mol. The summed E-state index contributed by atoms with van der Waals surface area (Å²) in [5.74, 6) is -0.864. The van der Waals surface area contributed by atoms with Crippen molar-refractivity contribution >= 4 is 17.6 Å². The summed E-state index contributed by atoms with van der Waals surface area (Å²) < 4.78 is 0. The van der Waals surface area contributed by atoms with Crippen molar-refractivity contribution in [3.8, 4) is 0 Å². The number of alkyl halides is 1. The lowest BCUT2D eigenvalue weighted by Gasteiger charge is -1.98. The predicted molar refractivity (Wildman–Crippen MR) is 40.8 cm³/mol. The second-order valence-electron chi connectivity index (χ2n) is 1.95. The maximum Gasteiger partial charge on any atom is 0.354 e. The number of rotatable bonds is 2. The molecule has 0 bridgehead atoms. The summed E-state index contributed by atoms with van der Waals surface area (Å²) in [6.07, 6.45) is 1.43. The molecule has 0 radical (unpaired) electrons. The lowest BCUT2D eigenvalue weighted by Crippen LogP contribution is -2.03. The van der Waals surface area contributed by atoms with Gasteiger partial charge in [0, 0.05) is 17.6 Å². The van der Waals surface area contributed by atoms with Crippen LogP contribution in [0.1, 0.15) is 16.1 Å². The Balaban J connectivity index is 3.12. The molecule has 1 rings (SSSR count). The van der Waals surface area contributed by atoms with Gasteiger partial charge in [-0.3, -0.25) is 0 Å². The average molecular weight is 172 g/mol. The predicted octanol–water partition coefficient (Wildman–Crippen LogP) is 1.52. The fourth-order valence-electron chi connectivity index (χ4n) is 0.739. The number of nitrogens with zero attached hydrogens (tertiary/aromatic N) is 1. The normalized spacial score (nSPS) is 9.55. The highest BCUT2D eigenvalue weighted by molar-refractivity contribution is 6.17. The molecule has 4 heteroatoms. The van der Waals surface area contributed by atoms with E-state index in [-0.39, 0.29) is 11.6 Å². The molecule has 11 heavy (non-hydrogen) atoms. The van der Waals surface area contributed by atoms with Gasteiger partial charge in [-0.1, -0.05) is 6.07 Å². The third-order valence-corrected chi connectivity index (χ3v) is 1.53. The van der Waals surface area contributed by atoms with Crippen LogP contribution < -0.4 is 0 Å². The minimum Gasteiger partial charge on any atom is -0.477 e. The Bertz CT molecular complexity index is 275. The molecule has 0 aliphatic heterocycles. The van der Waals surface area contributed by atoms with Gasteiger partial charge < -0.3 is 5.11 Å². The SMILES string of the molecule is O=C(O)c1ncccc1CCl. The molecule has 0 unspecified atom stereocenters. The molecule has 1 aromatic heterocycles. The largest absolute Gasteiger partial charge is 0.477 e. The van der Waals surface area contributed by atoms with Gasteiger partial charge in [-0.25, -0.2) is 9.78 Å². The molecule has 0 aliphatic rings. The van der Waals surface area contributed by atoms with Crippen LogP contribution >= 0.6 is 11.6 Å². The quantitative estimate of drug-likeness (QED) is 0.687. The average Bonchev–Trinajstić information content (AvgIpc) is 2.04. The number of carboxylic acid groups (broad SMARTS) is 1. The van der Waals surface area contributed by atoms with Crippen molar-refractivity contribution in [2.45, 2.75) is 5.88 Å². The van der Waals surface area contributed by atoms with E-state index in [1.54, 1.807) is 12.1 Å². The van der Waals surface area contributed by atoms with Gasteiger partial charge in [0.05, 0.1) is 0 Å². The van der Waals surface area contributed by atoms with Crippen molar-refractivity contribution < 1.29 is 9.90 Å². The minimum absolute atomic E-state index is 0.0301. The Morgan fingerprint density at radius 3 is 2.91 bits per heavy atom. The molecule has 1 N–H and O–H groups in total. The van der Waals surface area contributed by atoms with E-state index in [1.807, 2.05) is 0 Å². The zero-order valence-corrected chi connectivity index (χ0v) is 6.38. The Morgan fingerprint density at radius 2 is 2.45 bits per heavy atom. The van der Waals surface area contributed by atoms with Crippen LogP contribution in [0.5, 0.6) is 0 Å². The van der Waals surface area contributed by atoms with E-state index >= 15 is 0 Å². The smallest absolute Gasteiger partial charge is 0.354 e. The minimum atomic E-state index is -1.04. The molecule has 58 valence electrons. The number of carboxylic acids is 1. The first-order valence-electron chi connectivity index (χ1n) is 2.99. The van der Waals surface area contributed by atoms with Crippen molar-refractivity contribution in [2.24, 2.45) is 0 Å². The summed E-state index contributed by atoms with van der Waals surface area (Å²) in [5.41, 5.74) is 0.573. The van der Waals surface area contributed by atoms with Crippen LogP contribution in [0.2, 0.25) is 0 Å². The van der Waals surface area contributed by atoms with E-state index in [9.17, 15) is 4.79 Å². The van der Waals surface area contributed by atoms with Gasteiger partial charge in [-0.05, 0) is 6.07 Å². The van der Waals surface area contributed by atoms with Crippen molar-refractivity contribution in [2.75, 3.05) is 0 Å². The highest BCUT2D eigenvalue weighted by Crippen LogP contribution is 2.07. The van der Waals surface area contributed by atoms with Crippen molar-refractivity contribution in [1.29, 1.82) is 0 Å². The summed E-state index contributed by atoms with van der Waals surface area (Å²) >= 11 is 5.47. The van der Waals surface area contributed by atoms with Crippen LogP contribution in [-0.4, -0.2) is 16.1 Å². The van der Waals surface area contributed by atoms with Crippen molar-refractivity contribution in [3.63, 3.8) is 0 Å². The van der Waals surface area contributed by atoms with Gasteiger partial charge in [0.15, 0.2) is 5.69 Å². The van der Waals surface area contributed by atoms with Crippen LogP contribution in [0.25, 0.3) is 0 Å². The second-order valence-corrected chi connectivity index (χ2v) is 2.22. The van der Waals surface area contributed by atoms with Crippen molar-refractivity contribution in [3.05, 3.63) is 29.6 Å². The zero-order valence-electron chi connectivity index (χ0n) is 5.62. The molecule has 0 spiro atoms. The maximum atomic E-state index is 10.5. The number of halogens is 1. The van der Waals surface area contributed by atoms with Gasteiger partial charge in [-0.15, -0.1) is 11.6 Å². The standard InChI is InChI=1S/C7H6ClNO2/c8-4-5-2-1-3-9-6(5)7(10)11/h1-3H,4H2,(H,10,11). The summed E-state index contributed by atoms with van der Waals surface area (Å²) in [6, 6.07) is 3.30. The van der Waals surface area contributed by atoms with Gasteiger partial charge in [-0.2, -0.15) is 0 Å². The molecule has 0 saturated heterocycles. The molecule has 0 fully saturated rings. The van der Waals surface area contributed by atoms with E-state index in [0.717, 1.165) is 0 Å². The topological polar surface area (TPSA) is 50.2 Å². The highest BCUT2D eigenvalue weighted by atomic mass is 35.5. The molecule has 3 nitrogen and oxygen atoms in total. The van der Waals surface area contributed by atoms with E-state index in [1.165, 1.54) is 6.20 Å². The molecule has 0 atom stereocenters. The number of aromatic nitrogens is 1. The van der Waals surface area contributed by atoms with Crippen LogP contribution in [0.3, 0.4) is 0 Å². The van der Waals surface area contributed by atoms with Crippen LogP contribution in [0.4, 0.5) is 0 Å². The Morgan fingerprint density at radius 1 is 1.73 bits per heavy atom. The van der Waals surface area contributed by atoms with E-state index < -0.39 is 5.97 Å². The summed E-state index contributed by atoms with van der Waals surface area (Å²) in [5, 5.41) is 8.58. The lowest BCUT2D eigenvalue weighted by molar-refractivity contribution is 0.0689. The second kappa shape index (κ2) is 3.34. The third-order valence-electron chi connectivity index (χ3n) is 1.24. The first-order chi connectivity index (χ1) is 5.25. The fourth-order valence-corrected chi connectivity index (χ4v) is 0.955. The first-order valence-corrected chi connectivity index (χ1v) is 3.52. The molecule has 1 heterocycles. The van der Waals surface area contributed by atoms with Crippen LogP contribution in [-0.2, 0) is 5.88 Å². The summed E-state index contributed by atoms with van der Waals surface area (Å²) in [4.78, 5) is 14.1. The molecule has 0 aromatic carbocycles. The number of pyridine rings is 1. The Kier molecular flexibility index (Phi) is 2.44. The van der Waals surface area contributed by atoms with E-state index in [4.69, 9.17) is 16.7 Å². The van der Waals surface area contributed by atoms with E-state index in [0.29, 0.717) is 5.56 Å². The number of hydrogen-bond acceptors (Lipinski definition) is 2. The number of aromatic carboxylic acids is 1. The lowest BCUT2D eigenvalue weighted by atomic mass is 10.2. The summed E-state index contributed by atoms with van der Waals surface area (Å²) in [7, 11) is 0. The fraction of sp³-hybridized carbons (Fsp3) is 0.143. The molecule has 0 amide bonds. The Hall–Kier alpha value is -1.09. The van der Waals surface area contributed by atoms with Crippen LogP contribution in [0.15, 0.2) is 18.3 Å². The van der Waals surface area contributed by atoms with Crippen LogP contribution in [0, 0.1) is 0 Å². The Labute approximate surface area is 68.6 Å². The number of hydrogen-bond donors (Lipinski definition) is 1. The monoisotopic (exact) mass is 171 g/mol. The van der Waals surface area contributed by atoms with Gasteiger partial charge >= 0.3 is 5.97 Å². The molecular formula is C7H6ClNO2. The molecule has 0 aliphatic carbocycles. The van der Waals surface area contributed by atoms with Gasteiger partial charge in [0.25, 0.3) is 0 Å². The number of carbonyl (C=O) groups is 1. The summed E-state index contributed by atoms with van der Waals surface area (Å²) in [6.45, 7) is 0. The van der Waals surface area contributed by atoms with E-state index in [2.05, 4.69) is 4.98 Å². The highest BCUT2D eigenvalue weighted by Gasteiger charge is 2.08.